The summed E-state index contributed by atoms with van der Waals surface area (Å²) >= 11 is 1.47. The Hall–Kier alpha value is -3.13. The van der Waals surface area contributed by atoms with Gasteiger partial charge in [-0.2, -0.15) is 0 Å². The molecule has 0 aliphatic heterocycles. The van der Waals surface area contributed by atoms with Crippen LogP contribution in [0.5, 0.6) is 17.5 Å². The molecule has 0 saturated carbocycles. The summed E-state index contributed by atoms with van der Waals surface area (Å²) < 4.78 is 12.1. The van der Waals surface area contributed by atoms with E-state index in [-0.39, 0.29) is 5.88 Å². The molecule has 0 atom stereocenters. The number of aryl methyl sites for hydroxylation is 1. The largest absolute Gasteiger partial charge is 0.494 e. The first-order chi connectivity index (χ1) is 12.6. The van der Waals surface area contributed by atoms with Crippen molar-refractivity contribution in [2.45, 2.75) is 6.92 Å². The van der Waals surface area contributed by atoms with Gasteiger partial charge in [-0.1, -0.05) is 0 Å². The Labute approximate surface area is 153 Å². The van der Waals surface area contributed by atoms with E-state index in [9.17, 15) is 5.11 Å². The molecule has 1 N–H and O–H groups in total. The summed E-state index contributed by atoms with van der Waals surface area (Å²) in [6, 6.07) is 3.74. The molecule has 0 radical (unpaired) electrons. The van der Waals surface area contributed by atoms with Gasteiger partial charge in [0.1, 0.15) is 5.82 Å². The van der Waals surface area contributed by atoms with Gasteiger partial charge < -0.3 is 14.6 Å². The lowest BCUT2D eigenvalue weighted by Crippen LogP contribution is -1.95. The number of methoxy groups -OCH3 is 2. The van der Waals surface area contributed by atoms with Crippen molar-refractivity contribution >= 4 is 22.2 Å². The van der Waals surface area contributed by atoms with Crippen LogP contribution in [0, 0.1) is 6.92 Å². The Morgan fingerprint density at radius 1 is 1.15 bits per heavy atom. The summed E-state index contributed by atoms with van der Waals surface area (Å²) in [7, 11) is 3.11. The van der Waals surface area contributed by atoms with Crippen molar-refractivity contribution < 1.29 is 14.6 Å². The van der Waals surface area contributed by atoms with Crippen molar-refractivity contribution in [3.63, 3.8) is 0 Å². The zero-order chi connectivity index (χ0) is 18.3. The lowest BCUT2D eigenvalue weighted by atomic mass is 10.1. The van der Waals surface area contributed by atoms with E-state index in [1.807, 2.05) is 24.4 Å². The van der Waals surface area contributed by atoms with Crippen LogP contribution in [0.2, 0.25) is 0 Å². The van der Waals surface area contributed by atoms with Crippen LogP contribution in [0.3, 0.4) is 0 Å². The Balaban J connectivity index is 1.88. The molecule has 0 bridgehead atoms. The fourth-order valence-corrected chi connectivity index (χ4v) is 3.43. The number of hydrogen-bond acceptors (Lipinski definition) is 7. The van der Waals surface area contributed by atoms with E-state index in [1.165, 1.54) is 11.3 Å². The van der Waals surface area contributed by atoms with Crippen molar-refractivity contribution in [2.75, 3.05) is 14.2 Å². The molecule has 0 fully saturated rings. The topological polar surface area (TPSA) is 82.3 Å². The van der Waals surface area contributed by atoms with Crippen LogP contribution in [0.25, 0.3) is 28.0 Å². The summed E-state index contributed by atoms with van der Waals surface area (Å²) in [6.45, 7) is 1.94. The second-order valence-corrected chi connectivity index (χ2v) is 6.41. The minimum Gasteiger partial charge on any atom is -0.494 e. The second kappa shape index (κ2) is 6.30. The highest BCUT2D eigenvalue weighted by Gasteiger charge is 2.17. The molecule has 4 heterocycles. The normalized spacial score (nSPS) is 11.0. The third-order valence-corrected chi connectivity index (χ3v) is 4.72. The van der Waals surface area contributed by atoms with E-state index in [0.29, 0.717) is 28.4 Å². The van der Waals surface area contributed by atoms with Crippen LogP contribution >= 0.6 is 11.3 Å². The van der Waals surface area contributed by atoms with Crippen molar-refractivity contribution in [1.82, 2.24) is 19.5 Å². The zero-order valence-corrected chi connectivity index (χ0v) is 15.2. The molecule has 8 heteroatoms. The molecule has 26 heavy (non-hydrogen) atoms. The average Bonchev–Trinajstić information content (AvgIpc) is 3.29. The first-order valence-electron chi connectivity index (χ1n) is 7.81. The molecule has 4 aromatic rings. The van der Waals surface area contributed by atoms with Gasteiger partial charge in [0.15, 0.2) is 5.75 Å². The quantitative estimate of drug-likeness (QED) is 0.593. The number of aromatic nitrogens is 4. The first-order valence-corrected chi connectivity index (χ1v) is 8.75. The van der Waals surface area contributed by atoms with Crippen LogP contribution < -0.4 is 9.47 Å². The molecule has 4 aromatic heterocycles. The molecular formula is C18H16N4O3S. The van der Waals surface area contributed by atoms with Gasteiger partial charge in [-0.05, 0) is 24.6 Å². The number of thiazole rings is 1. The maximum atomic E-state index is 10.6. The molecule has 7 nitrogen and oxygen atoms in total. The maximum absolute atomic E-state index is 10.6. The Kier molecular flexibility index (Phi) is 3.96. The van der Waals surface area contributed by atoms with Crippen LogP contribution in [0.1, 0.15) is 5.56 Å². The van der Waals surface area contributed by atoms with E-state index in [4.69, 9.17) is 9.47 Å². The molecule has 132 valence electrons. The molecule has 0 spiro atoms. The predicted octanol–water partition coefficient (Wildman–Crippen LogP) is 3.58. The molecule has 0 saturated heterocycles. The zero-order valence-electron chi connectivity index (χ0n) is 14.4. The number of rotatable bonds is 4. The van der Waals surface area contributed by atoms with Gasteiger partial charge in [-0.25, -0.2) is 15.0 Å². The standard InChI is InChI=1S/C18H16N4O3S/c1-10-4-12(11-5-14(24-2)17(25-3)19-6-11)21-13-7-22(18(23)16(10)13)15-8-26-9-20-15/h4-9,23H,1-3H3. The van der Waals surface area contributed by atoms with Gasteiger partial charge in [-0.3, -0.25) is 4.57 Å². The van der Waals surface area contributed by atoms with E-state index in [1.54, 1.807) is 36.7 Å². The van der Waals surface area contributed by atoms with Crippen molar-refractivity contribution in [2.24, 2.45) is 0 Å². The molecule has 4 rings (SSSR count). The number of nitrogens with zero attached hydrogens (tertiary/aromatic N) is 4. The number of aromatic hydroxyl groups is 1. The molecule has 0 unspecified atom stereocenters. The van der Waals surface area contributed by atoms with Crippen LogP contribution in [-0.2, 0) is 0 Å². The molecule has 0 aliphatic rings. The lowest BCUT2D eigenvalue weighted by Gasteiger charge is -2.09. The maximum Gasteiger partial charge on any atom is 0.256 e. The Morgan fingerprint density at radius 3 is 2.69 bits per heavy atom. The van der Waals surface area contributed by atoms with Gasteiger partial charge >= 0.3 is 0 Å². The van der Waals surface area contributed by atoms with Gasteiger partial charge in [0, 0.05) is 23.3 Å². The van der Waals surface area contributed by atoms with Crippen molar-refractivity contribution in [1.29, 1.82) is 0 Å². The number of hydrogen-bond donors (Lipinski definition) is 1. The van der Waals surface area contributed by atoms with Crippen molar-refractivity contribution in [3.05, 3.63) is 41.0 Å². The summed E-state index contributed by atoms with van der Waals surface area (Å²) in [5.41, 5.74) is 4.85. The van der Waals surface area contributed by atoms with Gasteiger partial charge in [0.25, 0.3) is 5.88 Å². The minimum absolute atomic E-state index is 0.132. The Morgan fingerprint density at radius 2 is 2.00 bits per heavy atom. The first kappa shape index (κ1) is 16.3. The molecule has 0 aromatic carbocycles. The third-order valence-electron chi connectivity index (χ3n) is 4.14. The van der Waals surface area contributed by atoms with E-state index in [0.717, 1.165) is 16.8 Å². The van der Waals surface area contributed by atoms with Gasteiger partial charge in [0.2, 0.25) is 5.88 Å². The third kappa shape index (κ3) is 2.55. The smallest absolute Gasteiger partial charge is 0.256 e. The lowest BCUT2D eigenvalue weighted by molar-refractivity contribution is 0.343. The van der Waals surface area contributed by atoms with Gasteiger partial charge in [0.05, 0.1) is 36.3 Å². The van der Waals surface area contributed by atoms with Crippen LogP contribution in [-0.4, -0.2) is 38.8 Å². The highest BCUT2D eigenvalue weighted by molar-refractivity contribution is 7.07. The highest BCUT2D eigenvalue weighted by atomic mass is 32.1. The SMILES string of the molecule is COc1cc(-c2cc(C)c3c(O)n(-c4cscn4)cc3n2)cnc1OC. The minimum atomic E-state index is 0.132. The fraction of sp³-hybridized carbons (Fsp3) is 0.167. The van der Waals surface area contributed by atoms with Crippen LogP contribution in [0.4, 0.5) is 0 Å². The van der Waals surface area contributed by atoms with Gasteiger partial charge in [-0.15, -0.1) is 11.3 Å². The molecule has 0 aliphatic carbocycles. The monoisotopic (exact) mass is 368 g/mol. The number of pyridine rings is 2. The van der Waals surface area contributed by atoms with Crippen LogP contribution in [0.15, 0.2) is 35.4 Å². The predicted molar refractivity (Wildman–Crippen MR) is 99.5 cm³/mol. The fourth-order valence-electron chi connectivity index (χ4n) is 2.90. The highest BCUT2D eigenvalue weighted by Crippen LogP contribution is 2.35. The summed E-state index contributed by atoms with van der Waals surface area (Å²) in [5.74, 6) is 1.75. The molecular weight excluding hydrogens is 352 g/mol. The van der Waals surface area contributed by atoms with E-state index in [2.05, 4.69) is 15.0 Å². The van der Waals surface area contributed by atoms with E-state index >= 15 is 0 Å². The summed E-state index contributed by atoms with van der Waals surface area (Å²) in [5, 5.41) is 13.2. The number of ether oxygens (including phenoxy) is 2. The van der Waals surface area contributed by atoms with E-state index < -0.39 is 0 Å². The summed E-state index contributed by atoms with van der Waals surface area (Å²) in [4.78, 5) is 13.2. The molecule has 0 amide bonds. The summed E-state index contributed by atoms with van der Waals surface area (Å²) in [6.07, 6.45) is 3.47. The second-order valence-electron chi connectivity index (χ2n) is 5.69. The number of fused-ring (bicyclic) bond motifs is 1. The van der Waals surface area contributed by atoms with Crippen molar-refractivity contribution in [3.8, 4) is 34.6 Å². The average molecular weight is 368 g/mol. The Bertz CT molecular complexity index is 1090.